The first-order chi connectivity index (χ1) is 35.0. The van der Waals surface area contributed by atoms with Gasteiger partial charge in [0.25, 0.3) is 0 Å². The van der Waals surface area contributed by atoms with E-state index in [0.717, 1.165) is 96.3 Å². The molecule has 0 rings (SSSR count). The van der Waals surface area contributed by atoms with Gasteiger partial charge in [0, 0.05) is 19.3 Å². The minimum Gasteiger partial charge on any atom is -0.462 e. The summed E-state index contributed by atoms with van der Waals surface area (Å²) in [7, 11) is 0. The van der Waals surface area contributed by atoms with E-state index in [-0.39, 0.29) is 31.1 Å². The number of unbranched alkanes of at least 4 members (excludes halogenated alkanes) is 32. The van der Waals surface area contributed by atoms with E-state index in [9.17, 15) is 14.4 Å². The van der Waals surface area contributed by atoms with Crippen LogP contribution in [0.2, 0.25) is 0 Å². The van der Waals surface area contributed by atoms with Crippen molar-refractivity contribution in [2.75, 3.05) is 13.2 Å². The van der Waals surface area contributed by atoms with E-state index in [1.165, 1.54) is 167 Å². The van der Waals surface area contributed by atoms with E-state index in [4.69, 9.17) is 14.2 Å². The predicted molar refractivity (Wildman–Crippen MR) is 307 cm³/mol. The first kappa shape index (κ1) is 67.8. The van der Waals surface area contributed by atoms with Gasteiger partial charge in [-0.15, -0.1) is 0 Å². The number of hydrogen-bond donors (Lipinski definition) is 0. The van der Waals surface area contributed by atoms with Crippen molar-refractivity contribution in [1.82, 2.24) is 0 Å². The highest BCUT2D eigenvalue weighted by atomic mass is 16.6. The lowest BCUT2D eigenvalue weighted by Crippen LogP contribution is -2.30. The van der Waals surface area contributed by atoms with Crippen LogP contribution in [0.3, 0.4) is 0 Å². The van der Waals surface area contributed by atoms with Gasteiger partial charge in [-0.3, -0.25) is 14.4 Å². The maximum absolute atomic E-state index is 12.9. The second-order valence-electron chi connectivity index (χ2n) is 20.2. The van der Waals surface area contributed by atoms with Crippen molar-refractivity contribution < 1.29 is 28.6 Å². The number of allylic oxidation sites excluding steroid dienone is 12. The van der Waals surface area contributed by atoms with E-state index in [1.54, 1.807) is 0 Å². The zero-order chi connectivity index (χ0) is 51.4. The standard InChI is InChI=1S/C65H114O6/c1-4-7-10-13-16-19-22-25-28-30-32-34-37-40-43-46-49-52-55-58-64(67)70-61-62(60-69-63(66)57-54-51-48-45-42-39-36-27-24-21-18-15-12-9-6-3)71-65(68)59-56-53-50-47-44-41-38-35-33-31-29-26-23-20-17-14-11-8-5-2/h16,18-19,21,25-29,32,34,36,62H,4-15,17,20,22-24,30-31,33,35,37-61H2,1-3H3/b19-16-,21-18-,28-25-,29-26-,34-32-,36-27-/t62-/m1/s1. The summed E-state index contributed by atoms with van der Waals surface area (Å²) in [4.78, 5) is 38.2. The number of ether oxygens (including phenoxy) is 3. The molecule has 1 atom stereocenters. The van der Waals surface area contributed by atoms with Crippen LogP contribution in [-0.4, -0.2) is 37.2 Å². The van der Waals surface area contributed by atoms with Gasteiger partial charge in [0.1, 0.15) is 13.2 Å². The highest BCUT2D eigenvalue weighted by Gasteiger charge is 2.19. The number of carbonyl (C=O) groups is 3. The lowest BCUT2D eigenvalue weighted by Gasteiger charge is -2.18. The van der Waals surface area contributed by atoms with Gasteiger partial charge in [0.05, 0.1) is 0 Å². The third-order valence-electron chi connectivity index (χ3n) is 13.2. The molecule has 0 saturated heterocycles. The third kappa shape index (κ3) is 57.6. The van der Waals surface area contributed by atoms with E-state index in [2.05, 4.69) is 93.7 Å². The Morgan fingerprint density at radius 3 is 0.831 bits per heavy atom. The quantitative estimate of drug-likeness (QED) is 0.0261. The lowest BCUT2D eigenvalue weighted by molar-refractivity contribution is -0.167. The minimum absolute atomic E-state index is 0.0868. The van der Waals surface area contributed by atoms with Gasteiger partial charge in [-0.05, 0) is 116 Å². The zero-order valence-corrected chi connectivity index (χ0v) is 47.0. The number of esters is 3. The maximum Gasteiger partial charge on any atom is 0.306 e. The SMILES string of the molecule is CCCCC/C=C\C/C=C\C/C=C\CCCCCCCCC(=O)OC[C@@H](COC(=O)CCCCCCC/C=C\C/C=C\CCCCC)OC(=O)CCCCCCCCCCC/C=C\CCCCCCCC. The van der Waals surface area contributed by atoms with Crippen LogP contribution in [-0.2, 0) is 28.6 Å². The van der Waals surface area contributed by atoms with Gasteiger partial charge in [0.15, 0.2) is 6.10 Å². The fourth-order valence-corrected chi connectivity index (χ4v) is 8.53. The molecule has 0 N–H and O–H groups in total. The Labute approximate surface area is 440 Å². The van der Waals surface area contributed by atoms with Gasteiger partial charge in [-0.2, -0.15) is 0 Å². The summed E-state index contributed by atoms with van der Waals surface area (Å²) in [6.45, 7) is 6.58. The van der Waals surface area contributed by atoms with Crippen molar-refractivity contribution in [2.45, 2.75) is 309 Å². The van der Waals surface area contributed by atoms with Gasteiger partial charge in [-0.1, -0.05) is 241 Å². The highest BCUT2D eigenvalue weighted by molar-refractivity contribution is 5.71. The smallest absolute Gasteiger partial charge is 0.306 e. The molecule has 0 unspecified atom stereocenters. The van der Waals surface area contributed by atoms with Crippen molar-refractivity contribution in [2.24, 2.45) is 0 Å². The molecule has 0 aliphatic rings. The molecular weight excluding hydrogens is 877 g/mol. The molecule has 0 aromatic rings. The number of rotatable bonds is 55. The molecule has 0 fully saturated rings. The normalized spacial score (nSPS) is 12.5. The monoisotopic (exact) mass is 991 g/mol. The first-order valence-corrected chi connectivity index (χ1v) is 30.4. The predicted octanol–water partition coefficient (Wildman–Crippen LogP) is 20.5. The number of hydrogen-bond acceptors (Lipinski definition) is 6. The van der Waals surface area contributed by atoms with Crippen LogP contribution in [0.5, 0.6) is 0 Å². The second-order valence-corrected chi connectivity index (χ2v) is 20.2. The van der Waals surface area contributed by atoms with Gasteiger partial charge in [0.2, 0.25) is 0 Å². The molecule has 0 aliphatic heterocycles. The molecule has 0 aromatic heterocycles. The molecule has 0 heterocycles. The molecule has 0 spiro atoms. The Kier molecular flexibility index (Phi) is 56.8. The average Bonchev–Trinajstić information content (AvgIpc) is 3.37. The molecule has 71 heavy (non-hydrogen) atoms. The highest BCUT2D eigenvalue weighted by Crippen LogP contribution is 2.15. The van der Waals surface area contributed by atoms with Crippen molar-refractivity contribution in [1.29, 1.82) is 0 Å². The summed E-state index contributed by atoms with van der Waals surface area (Å²) in [5.74, 6) is -0.903. The molecule has 0 aromatic carbocycles. The Bertz CT molecular complexity index is 1320. The lowest BCUT2D eigenvalue weighted by atomic mass is 10.1. The molecule has 0 aliphatic carbocycles. The van der Waals surface area contributed by atoms with Crippen LogP contribution in [0.1, 0.15) is 303 Å². The van der Waals surface area contributed by atoms with Gasteiger partial charge < -0.3 is 14.2 Å². The molecule has 0 bridgehead atoms. The molecule has 0 amide bonds. The minimum atomic E-state index is -0.789. The second kappa shape index (κ2) is 59.4. The van der Waals surface area contributed by atoms with Crippen molar-refractivity contribution in [3.8, 4) is 0 Å². The van der Waals surface area contributed by atoms with E-state index < -0.39 is 6.10 Å². The topological polar surface area (TPSA) is 78.9 Å². The Morgan fingerprint density at radius 1 is 0.282 bits per heavy atom. The summed E-state index contributed by atoms with van der Waals surface area (Å²) in [6.07, 6.45) is 76.0. The molecule has 6 heteroatoms. The van der Waals surface area contributed by atoms with Crippen LogP contribution in [0, 0.1) is 0 Å². The summed E-state index contributed by atoms with van der Waals surface area (Å²) < 4.78 is 16.9. The van der Waals surface area contributed by atoms with Crippen molar-refractivity contribution in [3.63, 3.8) is 0 Å². The third-order valence-corrected chi connectivity index (χ3v) is 13.2. The zero-order valence-electron chi connectivity index (χ0n) is 47.0. The Hall–Kier alpha value is -3.15. The van der Waals surface area contributed by atoms with E-state index in [1.807, 2.05) is 0 Å². The first-order valence-electron chi connectivity index (χ1n) is 30.4. The van der Waals surface area contributed by atoms with E-state index >= 15 is 0 Å². The molecule has 6 nitrogen and oxygen atoms in total. The van der Waals surface area contributed by atoms with Crippen LogP contribution in [0.15, 0.2) is 72.9 Å². The molecule has 0 saturated carbocycles. The largest absolute Gasteiger partial charge is 0.462 e. The summed E-state index contributed by atoms with van der Waals surface area (Å²) in [5, 5.41) is 0. The van der Waals surface area contributed by atoms with Gasteiger partial charge >= 0.3 is 17.9 Å². The van der Waals surface area contributed by atoms with E-state index in [0.29, 0.717) is 19.3 Å². The van der Waals surface area contributed by atoms with Crippen LogP contribution >= 0.6 is 0 Å². The van der Waals surface area contributed by atoms with Crippen molar-refractivity contribution >= 4 is 17.9 Å². The van der Waals surface area contributed by atoms with Crippen molar-refractivity contribution in [3.05, 3.63) is 72.9 Å². The Morgan fingerprint density at radius 2 is 0.507 bits per heavy atom. The van der Waals surface area contributed by atoms with Gasteiger partial charge in [-0.25, -0.2) is 0 Å². The van der Waals surface area contributed by atoms with Crippen LogP contribution in [0.4, 0.5) is 0 Å². The number of carbonyl (C=O) groups excluding carboxylic acids is 3. The fraction of sp³-hybridized carbons (Fsp3) is 0.769. The molecule has 410 valence electrons. The summed E-state index contributed by atoms with van der Waals surface area (Å²) >= 11 is 0. The molecule has 0 radical (unpaired) electrons. The Balaban J connectivity index is 4.41. The molecular formula is C65H114O6. The average molecular weight is 992 g/mol. The fourth-order valence-electron chi connectivity index (χ4n) is 8.53. The maximum atomic E-state index is 12.9. The summed E-state index contributed by atoms with van der Waals surface area (Å²) in [6, 6.07) is 0. The van der Waals surface area contributed by atoms with Crippen LogP contribution in [0.25, 0.3) is 0 Å². The van der Waals surface area contributed by atoms with Crippen LogP contribution < -0.4 is 0 Å². The summed E-state index contributed by atoms with van der Waals surface area (Å²) in [5.41, 5.74) is 0.